The number of carbonyl (C=O) groups is 1. The lowest BCUT2D eigenvalue weighted by atomic mass is 10.2. The van der Waals surface area contributed by atoms with E-state index in [0.29, 0.717) is 16.3 Å². The fourth-order valence-corrected chi connectivity index (χ4v) is 1.83. The average Bonchev–Trinajstić information content (AvgIpc) is 2.34. The van der Waals surface area contributed by atoms with Gasteiger partial charge in [-0.05, 0) is 30.3 Å². The zero-order valence-corrected chi connectivity index (χ0v) is 10.7. The number of amides is 1. The zero-order chi connectivity index (χ0) is 13.1. The van der Waals surface area contributed by atoms with Gasteiger partial charge in [0, 0.05) is 5.69 Å². The van der Waals surface area contributed by atoms with Crippen LogP contribution in [0.15, 0.2) is 42.5 Å². The highest BCUT2D eigenvalue weighted by Crippen LogP contribution is 2.26. The Hall–Kier alpha value is -1.71. The summed E-state index contributed by atoms with van der Waals surface area (Å²) in [5, 5.41) is 12.5. The summed E-state index contributed by atoms with van der Waals surface area (Å²) in [5.41, 5.74) is 0.867. The molecule has 3 nitrogen and oxygen atoms in total. The van der Waals surface area contributed by atoms with Crippen molar-refractivity contribution >= 4 is 34.8 Å². The van der Waals surface area contributed by atoms with Crippen LogP contribution in [0.5, 0.6) is 5.75 Å². The van der Waals surface area contributed by atoms with Crippen molar-refractivity contribution in [3.63, 3.8) is 0 Å². The summed E-state index contributed by atoms with van der Waals surface area (Å²) in [6.07, 6.45) is 0. The lowest BCUT2D eigenvalue weighted by molar-refractivity contribution is 0.102. The van der Waals surface area contributed by atoms with Crippen LogP contribution in [0.3, 0.4) is 0 Å². The van der Waals surface area contributed by atoms with Crippen LogP contribution in [-0.4, -0.2) is 11.0 Å². The van der Waals surface area contributed by atoms with E-state index >= 15 is 0 Å². The van der Waals surface area contributed by atoms with Crippen molar-refractivity contribution in [2.45, 2.75) is 0 Å². The number of rotatable bonds is 2. The first-order valence-electron chi connectivity index (χ1n) is 5.12. The van der Waals surface area contributed by atoms with Gasteiger partial charge in [0.05, 0.1) is 15.6 Å². The van der Waals surface area contributed by atoms with Gasteiger partial charge in [-0.2, -0.15) is 0 Å². The summed E-state index contributed by atoms with van der Waals surface area (Å²) in [7, 11) is 0. The predicted molar refractivity (Wildman–Crippen MR) is 72.5 cm³/mol. The predicted octanol–water partition coefficient (Wildman–Crippen LogP) is 3.95. The molecule has 0 radical (unpaired) electrons. The number of anilines is 1. The van der Waals surface area contributed by atoms with Crippen LogP contribution in [0.1, 0.15) is 10.4 Å². The summed E-state index contributed by atoms with van der Waals surface area (Å²) in [5.74, 6) is -0.366. The minimum Gasteiger partial charge on any atom is -0.506 e. The second-order valence-corrected chi connectivity index (χ2v) is 4.41. The standard InChI is InChI=1S/C13H9Cl2NO2/c14-10-4-2-1-3-9(10)13(18)16-8-5-6-12(17)11(15)7-8/h1-7,17H,(H,16,18). The van der Waals surface area contributed by atoms with E-state index in [2.05, 4.69) is 5.32 Å². The van der Waals surface area contributed by atoms with Gasteiger partial charge in [-0.15, -0.1) is 0 Å². The van der Waals surface area contributed by atoms with Gasteiger partial charge < -0.3 is 10.4 Å². The summed E-state index contributed by atoms with van der Waals surface area (Å²) >= 11 is 11.7. The van der Waals surface area contributed by atoms with Crippen LogP contribution >= 0.6 is 23.2 Å². The van der Waals surface area contributed by atoms with Crippen molar-refractivity contribution in [1.29, 1.82) is 0 Å². The highest BCUT2D eigenvalue weighted by atomic mass is 35.5. The van der Waals surface area contributed by atoms with Crippen LogP contribution in [0.2, 0.25) is 10.0 Å². The number of carbonyl (C=O) groups excluding carboxylic acids is 1. The maximum atomic E-state index is 11.9. The van der Waals surface area contributed by atoms with Gasteiger partial charge in [0.15, 0.2) is 0 Å². The Balaban J connectivity index is 2.22. The van der Waals surface area contributed by atoms with Crippen molar-refractivity contribution in [2.24, 2.45) is 0 Å². The maximum absolute atomic E-state index is 11.9. The Kier molecular flexibility index (Phi) is 3.75. The SMILES string of the molecule is O=C(Nc1ccc(O)c(Cl)c1)c1ccccc1Cl. The monoisotopic (exact) mass is 281 g/mol. The van der Waals surface area contributed by atoms with E-state index in [-0.39, 0.29) is 16.7 Å². The number of phenols is 1. The molecule has 0 aromatic heterocycles. The van der Waals surface area contributed by atoms with Crippen LogP contribution < -0.4 is 5.32 Å². The molecule has 2 N–H and O–H groups in total. The molecule has 2 rings (SSSR count). The minimum atomic E-state index is -0.331. The molecule has 0 bridgehead atoms. The third kappa shape index (κ3) is 2.75. The van der Waals surface area contributed by atoms with Gasteiger partial charge in [0.1, 0.15) is 5.75 Å². The van der Waals surface area contributed by atoms with Gasteiger partial charge in [-0.1, -0.05) is 35.3 Å². The molecule has 1 amide bonds. The average molecular weight is 282 g/mol. The Morgan fingerprint density at radius 1 is 1.06 bits per heavy atom. The molecule has 2 aromatic rings. The number of aromatic hydroxyl groups is 1. The van der Waals surface area contributed by atoms with Crippen LogP contribution in [-0.2, 0) is 0 Å². The second-order valence-electron chi connectivity index (χ2n) is 3.60. The molecular weight excluding hydrogens is 273 g/mol. The van der Waals surface area contributed by atoms with Crippen molar-refractivity contribution in [1.82, 2.24) is 0 Å². The molecule has 0 unspecified atom stereocenters. The van der Waals surface area contributed by atoms with Crippen LogP contribution in [0.4, 0.5) is 5.69 Å². The molecule has 5 heteroatoms. The van der Waals surface area contributed by atoms with Crippen molar-refractivity contribution < 1.29 is 9.90 Å². The van der Waals surface area contributed by atoms with E-state index < -0.39 is 0 Å². The summed E-state index contributed by atoms with van der Waals surface area (Å²) in [6, 6.07) is 11.2. The molecule has 0 atom stereocenters. The van der Waals surface area contributed by atoms with Crippen molar-refractivity contribution in [3.05, 3.63) is 58.1 Å². The highest BCUT2D eigenvalue weighted by Gasteiger charge is 2.10. The smallest absolute Gasteiger partial charge is 0.257 e. The van der Waals surface area contributed by atoms with Gasteiger partial charge in [0.2, 0.25) is 0 Å². The first kappa shape index (κ1) is 12.7. The minimum absolute atomic E-state index is 0.0348. The molecule has 0 spiro atoms. The molecule has 0 aliphatic rings. The summed E-state index contributed by atoms with van der Waals surface area (Å²) in [6.45, 7) is 0. The van der Waals surface area contributed by atoms with E-state index in [1.165, 1.54) is 12.1 Å². The van der Waals surface area contributed by atoms with Gasteiger partial charge in [-0.25, -0.2) is 0 Å². The van der Waals surface area contributed by atoms with Gasteiger partial charge in [0.25, 0.3) is 5.91 Å². The molecule has 18 heavy (non-hydrogen) atoms. The van der Waals surface area contributed by atoms with Crippen LogP contribution in [0.25, 0.3) is 0 Å². The van der Waals surface area contributed by atoms with Crippen LogP contribution in [0, 0.1) is 0 Å². The Morgan fingerprint density at radius 2 is 1.78 bits per heavy atom. The number of phenolic OH excluding ortho intramolecular Hbond substituents is 1. The number of halogens is 2. The van der Waals surface area contributed by atoms with E-state index in [0.717, 1.165) is 0 Å². The quantitative estimate of drug-likeness (QED) is 0.819. The highest BCUT2D eigenvalue weighted by molar-refractivity contribution is 6.34. The molecule has 0 heterocycles. The van der Waals surface area contributed by atoms with E-state index in [9.17, 15) is 9.90 Å². The molecule has 92 valence electrons. The number of nitrogens with one attached hydrogen (secondary N) is 1. The maximum Gasteiger partial charge on any atom is 0.257 e. The van der Waals surface area contributed by atoms with Gasteiger partial charge >= 0.3 is 0 Å². The fourth-order valence-electron chi connectivity index (χ4n) is 1.43. The number of benzene rings is 2. The Labute approximate surface area is 114 Å². The van der Waals surface area contributed by atoms with E-state index in [1.54, 1.807) is 30.3 Å². The van der Waals surface area contributed by atoms with E-state index in [1.807, 2.05) is 0 Å². The molecule has 0 saturated carbocycles. The first-order valence-corrected chi connectivity index (χ1v) is 5.88. The topological polar surface area (TPSA) is 49.3 Å². The molecule has 2 aromatic carbocycles. The normalized spacial score (nSPS) is 10.1. The zero-order valence-electron chi connectivity index (χ0n) is 9.15. The summed E-state index contributed by atoms with van der Waals surface area (Å²) < 4.78 is 0. The largest absolute Gasteiger partial charge is 0.506 e. The molecule has 0 fully saturated rings. The van der Waals surface area contributed by atoms with Crippen molar-refractivity contribution in [3.8, 4) is 5.75 Å². The lowest BCUT2D eigenvalue weighted by Crippen LogP contribution is -2.12. The lowest BCUT2D eigenvalue weighted by Gasteiger charge is -2.07. The number of hydrogen-bond donors (Lipinski definition) is 2. The van der Waals surface area contributed by atoms with Gasteiger partial charge in [-0.3, -0.25) is 4.79 Å². The molecule has 0 aliphatic heterocycles. The molecular formula is C13H9Cl2NO2. The Bertz CT molecular complexity index is 599. The fraction of sp³-hybridized carbons (Fsp3) is 0. The first-order chi connectivity index (χ1) is 8.58. The third-order valence-electron chi connectivity index (χ3n) is 2.32. The second kappa shape index (κ2) is 5.29. The van der Waals surface area contributed by atoms with E-state index in [4.69, 9.17) is 23.2 Å². The molecule has 0 saturated heterocycles. The molecule has 0 aliphatic carbocycles. The summed E-state index contributed by atoms with van der Waals surface area (Å²) in [4.78, 5) is 11.9. The third-order valence-corrected chi connectivity index (χ3v) is 2.96. The Morgan fingerprint density at radius 3 is 2.44 bits per heavy atom. The number of hydrogen-bond acceptors (Lipinski definition) is 2. The van der Waals surface area contributed by atoms with Crippen molar-refractivity contribution in [2.75, 3.05) is 5.32 Å².